The SMILES string of the molecule is CC(C)(C)c1cc2c(NCc3nn[nH]n3)nccn2n1. The smallest absolute Gasteiger partial charge is 0.193 e. The lowest BCUT2D eigenvalue weighted by molar-refractivity contribution is 0.562. The van der Waals surface area contributed by atoms with E-state index in [9.17, 15) is 0 Å². The molecule has 0 saturated heterocycles. The lowest BCUT2D eigenvalue weighted by Crippen LogP contribution is -2.11. The molecule has 104 valence electrons. The van der Waals surface area contributed by atoms with Gasteiger partial charge in [-0.25, -0.2) is 9.50 Å². The van der Waals surface area contributed by atoms with E-state index in [1.165, 1.54) is 0 Å². The maximum absolute atomic E-state index is 4.58. The number of nitrogens with zero attached hydrogens (tertiary/aromatic N) is 6. The molecule has 8 heteroatoms. The zero-order valence-corrected chi connectivity index (χ0v) is 11.6. The molecule has 0 bridgehead atoms. The van der Waals surface area contributed by atoms with Crippen LogP contribution in [0.1, 0.15) is 32.3 Å². The van der Waals surface area contributed by atoms with Crippen LogP contribution in [0.15, 0.2) is 18.5 Å². The van der Waals surface area contributed by atoms with Gasteiger partial charge in [0.2, 0.25) is 0 Å². The zero-order valence-electron chi connectivity index (χ0n) is 11.6. The summed E-state index contributed by atoms with van der Waals surface area (Å²) in [4.78, 5) is 4.34. The van der Waals surface area contributed by atoms with Crippen LogP contribution in [0.5, 0.6) is 0 Å². The first kappa shape index (κ1) is 12.5. The standard InChI is InChI=1S/C12H16N8/c1-12(2,3)9-6-8-11(13-4-5-20(8)17-9)14-7-10-15-18-19-16-10/h4-6H,7H2,1-3H3,(H,13,14)(H,15,16,18,19). The van der Waals surface area contributed by atoms with Crippen molar-refractivity contribution in [3.05, 3.63) is 30.0 Å². The third-order valence-corrected chi connectivity index (χ3v) is 2.96. The Kier molecular flexibility index (Phi) is 2.85. The molecule has 2 N–H and O–H groups in total. The normalized spacial score (nSPS) is 11.9. The molecule has 8 nitrogen and oxygen atoms in total. The summed E-state index contributed by atoms with van der Waals surface area (Å²) in [6.07, 6.45) is 3.55. The quantitative estimate of drug-likeness (QED) is 0.742. The van der Waals surface area contributed by atoms with Gasteiger partial charge < -0.3 is 5.32 Å². The molecule has 20 heavy (non-hydrogen) atoms. The van der Waals surface area contributed by atoms with Crippen molar-refractivity contribution in [3.63, 3.8) is 0 Å². The number of rotatable bonds is 3. The van der Waals surface area contributed by atoms with Crippen LogP contribution in [0, 0.1) is 0 Å². The van der Waals surface area contributed by atoms with Crippen molar-refractivity contribution >= 4 is 11.3 Å². The first-order valence-corrected chi connectivity index (χ1v) is 6.35. The van der Waals surface area contributed by atoms with Gasteiger partial charge in [-0.3, -0.25) is 0 Å². The second-order valence-corrected chi connectivity index (χ2v) is 5.57. The van der Waals surface area contributed by atoms with Crippen LogP contribution < -0.4 is 5.32 Å². The van der Waals surface area contributed by atoms with E-state index in [1.807, 2.05) is 16.8 Å². The summed E-state index contributed by atoms with van der Waals surface area (Å²) in [6.45, 7) is 6.86. The second-order valence-electron chi connectivity index (χ2n) is 5.57. The monoisotopic (exact) mass is 272 g/mol. The number of hydrogen-bond donors (Lipinski definition) is 2. The molecule has 0 aliphatic heterocycles. The van der Waals surface area contributed by atoms with E-state index in [1.54, 1.807) is 6.20 Å². The third kappa shape index (κ3) is 2.31. The number of aromatic nitrogens is 7. The van der Waals surface area contributed by atoms with Crippen LogP contribution in [0.4, 0.5) is 5.82 Å². The van der Waals surface area contributed by atoms with Crippen molar-refractivity contribution < 1.29 is 0 Å². The number of tetrazole rings is 1. The van der Waals surface area contributed by atoms with Crippen molar-refractivity contribution in [2.24, 2.45) is 0 Å². The average molecular weight is 272 g/mol. The van der Waals surface area contributed by atoms with Gasteiger partial charge >= 0.3 is 0 Å². The average Bonchev–Trinajstić information content (AvgIpc) is 3.04. The molecular weight excluding hydrogens is 256 g/mol. The van der Waals surface area contributed by atoms with Crippen LogP contribution in [0.3, 0.4) is 0 Å². The van der Waals surface area contributed by atoms with E-state index in [2.05, 4.69) is 56.8 Å². The summed E-state index contributed by atoms with van der Waals surface area (Å²) in [6, 6.07) is 2.05. The van der Waals surface area contributed by atoms with Gasteiger partial charge in [-0.05, 0) is 6.07 Å². The molecule has 3 aromatic rings. The molecule has 0 aromatic carbocycles. The highest BCUT2D eigenvalue weighted by Crippen LogP contribution is 2.24. The molecule has 0 atom stereocenters. The van der Waals surface area contributed by atoms with Crippen molar-refractivity contribution in [3.8, 4) is 0 Å². The van der Waals surface area contributed by atoms with Gasteiger partial charge in [0.1, 0.15) is 5.52 Å². The number of hydrogen-bond acceptors (Lipinski definition) is 6. The molecule has 0 aliphatic carbocycles. The summed E-state index contributed by atoms with van der Waals surface area (Å²) < 4.78 is 1.83. The maximum atomic E-state index is 4.58. The van der Waals surface area contributed by atoms with Crippen LogP contribution >= 0.6 is 0 Å². The summed E-state index contributed by atoms with van der Waals surface area (Å²) >= 11 is 0. The maximum Gasteiger partial charge on any atom is 0.193 e. The van der Waals surface area contributed by atoms with E-state index in [0.29, 0.717) is 12.4 Å². The summed E-state index contributed by atoms with van der Waals surface area (Å²) in [7, 11) is 0. The highest BCUT2D eigenvalue weighted by atomic mass is 15.5. The lowest BCUT2D eigenvalue weighted by Gasteiger charge is -2.13. The topological polar surface area (TPSA) is 96.7 Å². The predicted octanol–water partition coefficient (Wildman–Crippen LogP) is 1.15. The molecule has 0 saturated carbocycles. The zero-order chi connectivity index (χ0) is 14.2. The van der Waals surface area contributed by atoms with Gasteiger partial charge in [-0.2, -0.15) is 10.3 Å². The second kappa shape index (κ2) is 4.55. The fourth-order valence-corrected chi connectivity index (χ4v) is 1.84. The predicted molar refractivity (Wildman–Crippen MR) is 73.2 cm³/mol. The molecule has 0 spiro atoms. The number of anilines is 1. The number of fused-ring (bicyclic) bond motifs is 1. The fourth-order valence-electron chi connectivity index (χ4n) is 1.84. The van der Waals surface area contributed by atoms with E-state index >= 15 is 0 Å². The fraction of sp³-hybridized carbons (Fsp3) is 0.417. The molecule has 0 fully saturated rings. The molecule has 0 radical (unpaired) electrons. The molecule has 3 heterocycles. The van der Waals surface area contributed by atoms with Crippen LogP contribution in [-0.4, -0.2) is 35.2 Å². The van der Waals surface area contributed by atoms with Crippen LogP contribution in [-0.2, 0) is 12.0 Å². The van der Waals surface area contributed by atoms with Gasteiger partial charge in [0, 0.05) is 17.8 Å². The highest BCUT2D eigenvalue weighted by molar-refractivity contribution is 5.68. The first-order chi connectivity index (χ1) is 9.54. The Morgan fingerprint density at radius 1 is 1.35 bits per heavy atom. The third-order valence-electron chi connectivity index (χ3n) is 2.96. The van der Waals surface area contributed by atoms with Gasteiger partial charge in [0.25, 0.3) is 0 Å². The Morgan fingerprint density at radius 2 is 2.20 bits per heavy atom. The minimum absolute atomic E-state index is 0.00302. The molecule has 3 rings (SSSR count). The molecule has 0 amide bonds. The van der Waals surface area contributed by atoms with E-state index in [4.69, 9.17) is 0 Å². The van der Waals surface area contributed by atoms with Crippen LogP contribution in [0.2, 0.25) is 0 Å². The Balaban J connectivity index is 1.92. The first-order valence-electron chi connectivity index (χ1n) is 6.35. The number of H-pyrrole nitrogens is 1. The molecule has 0 aliphatic rings. The Hall–Kier alpha value is -2.51. The Labute approximate surface area is 115 Å². The summed E-state index contributed by atoms with van der Waals surface area (Å²) in [5.74, 6) is 1.34. The Morgan fingerprint density at radius 3 is 2.90 bits per heavy atom. The highest BCUT2D eigenvalue weighted by Gasteiger charge is 2.19. The summed E-state index contributed by atoms with van der Waals surface area (Å²) in [5.41, 5.74) is 1.95. The van der Waals surface area contributed by atoms with Gasteiger partial charge in [-0.1, -0.05) is 26.0 Å². The lowest BCUT2D eigenvalue weighted by atomic mass is 9.92. The van der Waals surface area contributed by atoms with E-state index in [-0.39, 0.29) is 5.41 Å². The largest absolute Gasteiger partial charge is 0.361 e. The Bertz CT molecular complexity index is 707. The minimum Gasteiger partial charge on any atom is -0.361 e. The van der Waals surface area contributed by atoms with Crippen molar-refractivity contribution in [2.45, 2.75) is 32.7 Å². The molecule has 3 aromatic heterocycles. The minimum atomic E-state index is -0.00302. The van der Waals surface area contributed by atoms with Crippen molar-refractivity contribution in [1.29, 1.82) is 0 Å². The van der Waals surface area contributed by atoms with Gasteiger partial charge in [0.15, 0.2) is 11.6 Å². The summed E-state index contributed by atoms with van der Waals surface area (Å²) in [5, 5.41) is 21.5. The number of nitrogens with one attached hydrogen (secondary N) is 2. The van der Waals surface area contributed by atoms with Crippen LogP contribution in [0.25, 0.3) is 5.52 Å². The van der Waals surface area contributed by atoms with Gasteiger partial charge in [0.05, 0.1) is 12.2 Å². The number of aromatic amines is 1. The van der Waals surface area contributed by atoms with Crippen molar-refractivity contribution in [2.75, 3.05) is 5.32 Å². The van der Waals surface area contributed by atoms with E-state index < -0.39 is 0 Å². The van der Waals surface area contributed by atoms with Crippen molar-refractivity contribution in [1.82, 2.24) is 35.2 Å². The van der Waals surface area contributed by atoms with E-state index in [0.717, 1.165) is 17.0 Å². The van der Waals surface area contributed by atoms with Gasteiger partial charge in [-0.15, -0.1) is 10.2 Å². The molecular formula is C12H16N8. The molecule has 0 unspecified atom stereocenters.